The fourth-order valence-corrected chi connectivity index (χ4v) is 3.89. The van der Waals surface area contributed by atoms with Crippen LogP contribution in [0.4, 0.5) is 0 Å². The second-order valence-electron chi connectivity index (χ2n) is 4.57. The van der Waals surface area contributed by atoms with Crippen molar-refractivity contribution in [3.05, 3.63) is 0 Å². The summed E-state index contributed by atoms with van der Waals surface area (Å²) in [5, 5.41) is 4.57. The van der Waals surface area contributed by atoms with Crippen LogP contribution in [0.15, 0.2) is 0 Å². The average Bonchev–Trinajstić information content (AvgIpc) is 2.85. The van der Waals surface area contributed by atoms with Gasteiger partial charge in [-0.3, -0.25) is 0 Å². The van der Waals surface area contributed by atoms with Gasteiger partial charge in [-0.15, -0.1) is 0 Å². The molecule has 1 saturated carbocycles. The zero-order valence-corrected chi connectivity index (χ0v) is 10.5. The van der Waals surface area contributed by atoms with E-state index in [9.17, 15) is 0 Å². The van der Waals surface area contributed by atoms with Crippen molar-refractivity contribution in [3.8, 4) is 0 Å². The molecular weight excluding hydrogens is 206 g/mol. The highest BCUT2D eigenvalue weighted by Gasteiger charge is 2.27. The topological polar surface area (TPSA) is 21.3 Å². The molecule has 1 aliphatic carbocycles. The van der Waals surface area contributed by atoms with E-state index in [1.807, 2.05) is 0 Å². The Bertz CT molecular complexity index is 182. The predicted molar refractivity (Wildman–Crippen MR) is 66.5 cm³/mol. The maximum absolute atomic E-state index is 5.64. The van der Waals surface area contributed by atoms with Crippen LogP contribution in [0.5, 0.6) is 0 Å². The first-order valence-electron chi connectivity index (χ1n) is 6.36. The lowest BCUT2D eigenvalue weighted by Gasteiger charge is -2.21. The van der Waals surface area contributed by atoms with Gasteiger partial charge in [0.05, 0.1) is 6.10 Å². The molecule has 0 aromatic heterocycles. The first-order chi connectivity index (χ1) is 7.40. The zero-order chi connectivity index (χ0) is 10.5. The molecule has 3 heteroatoms. The fraction of sp³-hybridized carbons (Fsp3) is 1.00. The van der Waals surface area contributed by atoms with Gasteiger partial charge >= 0.3 is 0 Å². The highest BCUT2D eigenvalue weighted by atomic mass is 32.2. The summed E-state index contributed by atoms with van der Waals surface area (Å²) in [6.45, 7) is 4.32. The molecule has 3 unspecified atom stereocenters. The van der Waals surface area contributed by atoms with E-state index in [2.05, 4.69) is 24.0 Å². The molecule has 2 aliphatic rings. The quantitative estimate of drug-likeness (QED) is 0.782. The normalized spacial score (nSPS) is 36.2. The Morgan fingerprint density at radius 3 is 2.93 bits per heavy atom. The van der Waals surface area contributed by atoms with Crippen LogP contribution in [0.2, 0.25) is 0 Å². The number of ether oxygens (including phenoxy) is 1. The second-order valence-corrected chi connectivity index (χ2v) is 6.09. The van der Waals surface area contributed by atoms with E-state index in [1.165, 1.54) is 37.9 Å². The van der Waals surface area contributed by atoms with Crippen molar-refractivity contribution in [1.29, 1.82) is 0 Å². The molecule has 0 aromatic rings. The van der Waals surface area contributed by atoms with Gasteiger partial charge in [-0.25, -0.2) is 0 Å². The van der Waals surface area contributed by atoms with E-state index in [0.717, 1.165) is 24.4 Å². The zero-order valence-electron chi connectivity index (χ0n) is 9.71. The standard InChI is InChI=1S/C12H23NOS/c1-2-15-12-7-3-6-11(12)13-9-10-5-4-8-14-10/h10-13H,2-9H2,1H3. The summed E-state index contributed by atoms with van der Waals surface area (Å²) in [6, 6.07) is 0.749. The molecule has 15 heavy (non-hydrogen) atoms. The van der Waals surface area contributed by atoms with Gasteiger partial charge in [0.2, 0.25) is 0 Å². The van der Waals surface area contributed by atoms with Crippen LogP contribution in [-0.4, -0.2) is 36.3 Å². The van der Waals surface area contributed by atoms with Crippen molar-refractivity contribution in [2.24, 2.45) is 0 Å². The van der Waals surface area contributed by atoms with Crippen LogP contribution in [0.1, 0.15) is 39.0 Å². The molecule has 1 heterocycles. The van der Waals surface area contributed by atoms with E-state index in [4.69, 9.17) is 4.74 Å². The molecule has 3 atom stereocenters. The minimum absolute atomic E-state index is 0.498. The third-order valence-corrected chi connectivity index (χ3v) is 4.79. The van der Waals surface area contributed by atoms with Gasteiger partial charge in [-0.1, -0.05) is 13.3 Å². The molecule has 0 bridgehead atoms. The van der Waals surface area contributed by atoms with Gasteiger partial charge in [-0.2, -0.15) is 11.8 Å². The lowest BCUT2D eigenvalue weighted by Crippen LogP contribution is -2.39. The van der Waals surface area contributed by atoms with E-state index >= 15 is 0 Å². The Balaban J connectivity index is 1.68. The molecule has 2 rings (SSSR count). The molecule has 0 spiro atoms. The molecule has 1 N–H and O–H groups in total. The van der Waals surface area contributed by atoms with Gasteiger partial charge in [0.15, 0.2) is 0 Å². The van der Waals surface area contributed by atoms with E-state index in [0.29, 0.717) is 6.10 Å². The summed E-state index contributed by atoms with van der Waals surface area (Å²) in [6.07, 6.45) is 7.18. The van der Waals surface area contributed by atoms with E-state index in [1.54, 1.807) is 0 Å². The molecule has 1 aliphatic heterocycles. The number of nitrogens with one attached hydrogen (secondary N) is 1. The second kappa shape index (κ2) is 6.12. The van der Waals surface area contributed by atoms with Gasteiger partial charge in [0.1, 0.15) is 0 Å². The van der Waals surface area contributed by atoms with E-state index < -0.39 is 0 Å². The molecule has 88 valence electrons. The third kappa shape index (κ3) is 3.36. The predicted octanol–water partition coefficient (Wildman–Crippen LogP) is 2.43. The van der Waals surface area contributed by atoms with Crippen LogP contribution >= 0.6 is 11.8 Å². The Kier molecular flexibility index (Phi) is 4.79. The number of hydrogen-bond acceptors (Lipinski definition) is 3. The Hall–Kier alpha value is 0.270. The Morgan fingerprint density at radius 2 is 2.20 bits per heavy atom. The molecule has 0 radical (unpaired) electrons. The highest BCUT2D eigenvalue weighted by molar-refractivity contribution is 7.99. The fourth-order valence-electron chi connectivity index (χ4n) is 2.66. The van der Waals surface area contributed by atoms with Crippen molar-refractivity contribution in [3.63, 3.8) is 0 Å². The van der Waals surface area contributed by atoms with Crippen LogP contribution in [0, 0.1) is 0 Å². The number of thioether (sulfide) groups is 1. The monoisotopic (exact) mass is 229 g/mol. The molecule has 2 nitrogen and oxygen atoms in total. The van der Waals surface area contributed by atoms with E-state index in [-0.39, 0.29) is 0 Å². The lowest BCUT2D eigenvalue weighted by molar-refractivity contribution is 0.108. The summed E-state index contributed by atoms with van der Waals surface area (Å²) >= 11 is 2.13. The lowest BCUT2D eigenvalue weighted by atomic mass is 10.2. The SMILES string of the molecule is CCSC1CCCC1NCC1CCCO1. The van der Waals surface area contributed by atoms with Crippen molar-refractivity contribution >= 4 is 11.8 Å². The highest BCUT2D eigenvalue weighted by Crippen LogP contribution is 2.30. The maximum Gasteiger partial charge on any atom is 0.0700 e. The minimum Gasteiger partial charge on any atom is -0.377 e. The molecule has 2 fully saturated rings. The average molecular weight is 229 g/mol. The van der Waals surface area contributed by atoms with Gasteiger partial charge in [-0.05, 0) is 31.4 Å². The summed E-state index contributed by atoms with van der Waals surface area (Å²) in [5.41, 5.74) is 0. The first-order valence-corrected chi connectivity index (χ1v) is 7.41. The Labute approximate surface area is 97.5 Å². The van der Waals surface area contributed by atoms with Crippen molar-refractivity contribution in [1.82, 2.24) is 5.32 Å². The number of hydrogen-bond donors (Lipinski definition) is 1. The molecule has 0 aromatic carbocycles. The van der Waals surface area contributed by atoms with Crippen molar-refractivity contribution in [2.45, 2.75) is 56.4 Å². The van der Waals surface area contributed by atoms with Crippen molar-refractivity contribution in [2.75, 3.05) is 18.9 Å². The third-order valence-electron chi connectivity index (χ3n) is 3.46. The molecule has 1 saturated heterocycles. The molecule has 0 amide bonds. The Morgan fingerprint density at radius 1 is 1.27 bits per heavy atom. The van der Waals surface area contributed by atoms with Crippen LogP contribution in [0.3, 0.4) is 0 Å². The first kappa shape index (κ1) is 11.7. The van der Waals surface area contributed by atoms with Crippen LogP contribution in [0.25, 0.3) is 0 Å². The van der Waals surface area contributed by atoms with Crippen LogP contribution in [-0.2, 0) is 4.74 Å². The van der Waals surface area contributed by atoms with Crippen LogP contribution < -0.4 is 5.32 Å². The number of rotatable bonds is 5. The van der Waals surface area contributed by atoms with Crippen molar-refractivity contribution < 1.29 is 4.74 Å². The summed E-state index contributed by atoms with van der Waals surface area (Å²) < 4.78 is 5.64. The van der Waals surface area contributed by atoms with Gasteiger partial charge in [0, 0.05) is 24.4 Å². The van der Waals surface area contributed by atoms with Gasteiger partial charge < -0.3 is 10.1 Å². The summed E-state index contributed by atoms with van der Waals surface area (Å²) in [7, 11) is 0. The minimum atomic E-state index is 0.498. The maximum atomic E-state index is 5.64. The van der Waals surface area contributed by atoms with Gasteiger partial charge in [0.25, 0.3) is 0 Å². The smallest absolute Gasteiger partial charge is 0.0700 e. The molecular formula is C12H23NOS. The summed E-state index contributed by atoms with van der Waals surface area (Å²) in [4.78, 5) is 0. The summed E-state index contributed by atoms with van der Waals surface area (Å²) in [5.74, 6) is 1.25. The largest absolute Gasteiger partial charge is 0.377 e.